The molecule has 0 aliphatic rings. The summed E-state index contributed by atoms with van der Waals surface area (Å²) >= 11 is 11.8. The van der Waals surface area contributed by atoms with Crippen LogP contribution in [0.25, 0.3) is 17.1 Å². The summed E-state index contributed by atoms with van der Waals surface area (Å²) < 4.78 is 6.62. The number of nitrogens with one attached hydrogen (secondary N) is 1. The van der Waals surface area contributed by atoms with Gasteiger partial charge in [-0.05, 0) is 18.2 Å². The van der Waals surface area contributed by atoms with Gasteiger partial charge in [0.2, 0.25) is 0 Å². The molecular formula is C22H15Cl2N5O3. The van der Waals surface area contributed by atoms with E-state index in [2.05, 4.69) is 20.4 Å². The highest BCUT2D eigenvalue weighted by molar-refractivity contribution is 6.36. The van der Waals surface area contributed by atoms with Crippen LogP contribution in [0.2, 0.25) is 10.0 Å². The lowest BCUT2D eigenvalue weighted by Crippen LogP contribution is -2.22. The first-order valence-electron chi connectivity index (χ1n) is 9.37. The summed E-state index contributed by atoms with van der Waals surface area (Å²) in [5.41, 5.74) is 1.49. The van der Waals surface area contributed by atoms with Gasteiger partial charge in [-0.15, -0.1) is 5.10 Å². The van der Waals surface area contributed by atoms with E-state index >= 15 is 0 Å². The molecule has 8 nitrogen and oxygen atoms in total. The highest BCUT2D eigenvalue weighted by atomic mass is 35.5. The van der Waals surface area contributed by atoms with E-state index in [1.165, 1.54) is 12.3 Å². The average molecular weight is 468 g/mol. The van der Waals surface area contributed by atoms with E-state index in [0.717, 1.165) is 11.3 Å². The van der Waals surface area contributed by atoms with Crippen LogP contribution in [0.5, 0.6) is 0 Å². The van der Waals surface area contributed by atoms with Gasteiger partial charge in [-0.3, -0.25) is 4.79 Å². The zero-order chi connectivity index (χ0) is 22.5. The number of anilines is 1. The molecule has 0 unspecified atom stereocenters. The van der Waals surface area contributed by atoms with Gasteiger partial charge in [0.05, 0.1) is 15.7 Å². The number of hydrogen-bond acceptors (Lipinski definition) is 6. The van der Waals surface area contributed by atoms with Gasteiger partial charge < -0.3 is 10.1 Å². The molecule has 0 fully saturated rings. The Hall–Kier alpha value is -3.75. The number of nitrogens with zero attached hydrogens (tertiary/aromatic N) is 4. The van der Waals surface area contributed by atoms with E-state index in [1.807, 2.05) is 60.7 Å². The SMILES string of the molecule is O=C(COC(=O)c1nc(-c2ccccc2)n(-c2ccccc2)n1)Nc1ncc(Cl)cc1Cl. The van der Waals surface area contributed by atoms with Crippen molar-refractivity contribution in [1.82, 2.24) is 19.7 Å². The lowest BCUT2D eigenvalue weighted by Gasteiger charge is -2.06. The molecule has 0 radical (unpaired) electrons. The molecule has 0 aliphatic heterocycles. The molecule has 4 rings (SSSR count). The summed E-state index contributed by atoms with van der Waals surface area (Å²) in [7, 11) is 0. The van der Waals surface area contributed by atoms with Crippen LogP contribution in [-0.2, 0) is 9.53 Å². The fourth-order valence-corrected chi connectivity index (χ4v) is 3.22. The number of benzene rings is 2. The molecule has 0 saturated heterocycles. The Labute approximate surface area is 192 Å². The predicted molar refractivity (Wildman–Crippen MR) is 120 cm³/mol. The number of amides is 1. The molecule has 0 aliphatic carbocycles. The van der Waals surface area contributed by atoms with E-state index in [-0.39, 0.29) is 16.7 Å². The van der Waals surface area contributed by atoms with Crippen molar-refractivity contribution in [3.63, 3.8) is 0 Å². The minimum Gasteiger partial charge on any atom is -0.450 e. The van der Waals surface area contributed by atoms with Crippen molar-refractivity contribution < 1.29 is 14.3 Å². The van der Waals surface area contributed by atoms with Crippen molar-refractivity contribution in [2.45, 2.75) is 0 Å². The molecule has 160 valence electrons. The monoisotopic (exact) mass is 467 g/mol. The minimum absolute atomic E-state index is 0.106. The second kappa shape index (κ2) is 9.59. The lowest BCUT2D eigenvalue weighted by atomic mass is 10.2. The largest absolute Gasteiger partial charge is 0.450 e. The maximum absolute atomic E-state index is 12.5. The van der Waals surface area contributed by atoms with Crippen molar-refractivity contribution >= 4 is 40.9 Å². The molecule has 0 saturated carbocycles. The highest BCUT2D eigenvalue weighted by Crippen LogP contribution is 2.23. The van der Waals surface area contributed by atoms with Crippen LogP contribution in [0.1, 0.15) is 10.6 Å². The Morgan fingerprint density at radius 3 is 2.38 bits per heavy atom. The number of para-hydroxylation sites is 1. The Kier molecular flexibility index (Phi) is 6.44. The zero-order valence-corrected chi connectivity index (χ0v) is 17.9. The average Bonchev–Trinajstić information content (AvgIpc) is 3.26. The van der Waals surface area contributed by atoms with Crippen LogP contribution in [-0.4, -0.2) is 38.2 Å². The van der Waals surface area contributed by atoms with E-state index in [9.17, 15) is 9.59 Å². The molecule has 10 heteroatoms. The fraction of sp³-hybridized carbons (Fsp3) is 0.0455. The Morgan fingerprint density at radius 1 is 1.00 bits per heavy atom. The quantitative estimate of drug-likeness (QED) is 0.421. The zero-order valence-electron chi connectivity index (χ0n) is 16.4. The number of esters is 1. The molecule has 2 heterocycles. The molecule has 2 aromatic carbocycles. The maximum Gasteiger partial charge on any atom is 0.378 e. The molecular weight excluding hydrogens is 453 g/mol. The van der Waals surface area contributed by atoms with Crippen molar-refractivity contribution in [3.05, 3.63) is 88.8 Å². The minimum atomic E-state index is -0.845. The van der Waals surface area contributed by atoms with Crippen molar-refractivity contribution in [3.8, 4) is 17.1 Å². The molecule has 32 heavy (non-hydrogen) atoms. The van der Waals surface area contributed by atoms with Gasteiger partial charge in [-0.2, -0.15) is 0 Å². The van der Waals surface area contributed by atoms with Gasteiger partial charge in [-0.25, -0.2) is 19.4 Å². The van der Waals surface area contributed by atoms with E-state index in [1.54, 1.807) is 4.68 Å². The first-order chi connectivity index (χ1) is 15.5. The first kappa shape index (κ1) is 21.5. The van der Waals surface area contributed by atoms with Gasteiger partial charge in [0.1, 0.15) is 0 Å². The molecule has 1 amide bonds. The molecule has 4 aromatic rings. The van der Waals surface area contributed by atoms with Crippen LogP contribution in [0, 0.1) is 0 Å². The van der Waals surface area contributed by atoms with Crippen LogP contribution < -0.4 is 5.32 Å². The van der Waals surface area contributed by atoms with Gasteiger partial charge in [0.25, 0.3) is 11.7 Å². The van der Waals surface area contributed by atoms with Crippen LogP contribution >= 0.6 is 23.2 Å². The number of halogens is 2. The first-order valence-corrected chi connectivity index (χ1v) is 10.1. The Balaban J connectivity index is 1.51. The number of pyridine rings is 1. The maximum atomic E-state index is 12.5. The lowest BCUT2D eigenvalue weighted by molar-refractivity contribution is -0.119. The molecule has 0 spiro atoms. The molecule has 0 bridgehead atoms. The van der Waals surface area contributed by atoms with Crippen LogP contribution in [0.15, 0.2) is 72.9 Å². The third-order valence-corrected chi connectivity index (χ3v) is 4.72. The number of carbonyl (C=O) groups excluding carboxylic acids is 2. The van der Waals surface area contributed by atoms with Crippen molar-refractivity contribution in [1.29, 1.82) is 0 Å². The summed E-state index contributed by atoms with van der Waals surface area (Å²) in [6.07, 6.45) is 1.33. The normalized spacial score (nSPS) is 10.6. The van der Waals surface area contributed by atoms with Gasteiger partial charge in [0, 0.05) is 11.8 Å². The summed E-state index contributed by atoms with van der Waals surface area (Å²) in [5, 5.41) is 7.23. The van der Waals surface area contributed by atoms with Gasteiger partial charge >= 0.3 is 5.97 Å². The second-order valence-electron chi connectivity index (χ2n) is 6.48. The van der Waals surface area contributed by atoms with Crippen LogP contribution in [0.4, 0.5) is 5.82 Å². The van der Waals surface area contributed by atoms with Gasteiger partial charge in [-0.1, -0.05) is 71.7 Å². The number of carbonyl (C=O) groups is 2. The summed E-state index contributed by atoms with van der Waals surface area (Å²) in [4.78, 5) is 32.9. The molecule has 0 atom stereocenters. The number of aromatic nitrogens is 4. The molecule has 1 N–H and O–H groups in total. The second-order valence-corrected chi connectivity index (χ2v) is 7.32. The molecule has 2 aromatic heterocycles. The summed E-state index contributed by atoms with van der Waals surface area (Å²) in [5.74, 6) is -1.08. The summed E-state index contributed by atoms with van der Waals surface area (Å²) in [6.45, 7) is -0.569. The third-order valence-electron chi connectivity index (χ3n) is 4.22. The number of hydrogen-bond donors (Lipinski definition) is 1. The highest BCUT2D eigenvalue weighted by Gasteiger charge is 2.21. The Morgan fingerprint density at radius 2 is 1.69 bits per heavy atom. The topological polar surface area (TPSA) is 99.0 Å². The van der Waals surface area contributed by atoms with E-state index in [4.69, 9.17) is 27.9 Å². The Bertz CT molecular complexity index is 1210. The smallest absolute Gasteiger partial charge is 0.378 e. The predicted octanol–water partition coefficient (Wildman–Crippen LogP) is 4.43. The number of rotatable bonds is 6. The van der Waals surface area contributed by atoms with Gasteiger partial charge in [0.15, 0.2) is 18.2 Å². The third kappa shape index (κ3) is 4.93. The van der Waals surface area contributed by atoms with E-state index in [0.29, 0.717) is 10.8 Å². The van der Waals surface area contributed by atoms with E-state index < -0.39 is 18.5 Å². The number of ether oxygens (including phenoxy) is 1. The fourth-order valence-electron chi connectivity index (χ4n) is 2.79. The van der Waals surface area contributed by atoms with Crippen LogP contribution in [0.3, 0.4) is 0 Å². The van der Waals surface area contributed by atoms with Crippen molar-refractivity contribution in [2.24, 2.45) is 0 Å². The standard InChI is InChI=1S/C22H15Cl2N5O3/c23-15-11-17(24)19(25-12-15)26-18(30)13-32-22(31)20-27-21(14-7-3-1-4-8-14)29(28-20)16-9-5-2-6-10-16/h1-12H,13H2,(H,25,26,30). The van der Waals surface area contributed by atoms with Crippen molar-refractivity contribution in [2.75, 3.05) is 11.9 Å². The summed E-state index contributed by atoms with van der Waals surface area (Å²) in [6, 6.07) is 20.0.